The number of rotatable bonds is 6. The van der Waals surface area contributed by atoms with E-state index in [9.17, 15) is 14.0 Å². The van der Waals surface area contributed by atoms with Crippen molar-refractivity contribution in [2.45, 2.75) is 32.7 Å². The van der Waals surface area contributed by atoms with Crippen molar-refractivity contribution in [3.05, 3.63) is 54.1 Å². The van der Waals surface area contributed by atoms with Gasteiger partial charge in [-0.25, -0.2) is 9.37 Å². The van der Waals surface area contributed by atoms with Crippen LogP contribution in [0.5, 0.6) is 0 Å². The summed E-state index contributed by atoms with van der Waals surface area (Å²) in [7, 11) is 0. The normalized spacial score (nSPS) is 17.4. The Morgan fingerprint density at radius 2 is 2.00 bits per heavy atom. The maximum Gasteiger partial charge on any atom is 0.229 e. The standard InChI is InChI=1S/C24H25FN6O2/c1-13(2)10-19(22-26-16-7-3-4-8-17(16)27-22)28-24(33)14-11-20(32)31(12-14)23-21-15(25)6-5-9-18(21)29-30-23/h3-9,13-14,19H,10-12H2,1-2H3,(H,26,27)(H,28,33)(H,29,30)/t14?,19-/m0/s1. The molecule has 33 heavy (non-hydrogen) atoms. The lowest BCUT2D eigenvalue weighted by molar-refractivity contribution is -0.127. The van der Waals surface area contributed by atoms with Crippen molar-refractivity contribution in [2.24, 2.45) is 11.8 Å². The zero-order valence-corrected chi connectivity index (χ0v) is 18.4. The van der Waals surface area contributed by atoms with E-state index in [1.54, 1.807) is 12.1 Å². The SMILES string of the molecule is CC(C)C[C@H](NC(=O)C1CC(=O)N(c2n[nH]c3cccc(F)c23)C1)c1nc2ccccc2[nH]1. The van der Waals surface area contributed by atoms with Crippen LogP contribution in [0.4, 0.5) is 10.2 Å². The number of H-pyrrole nitrogens is 2. The van der Waals surface area contributed by atoms with Crippen molar-refractivity contribution >= 4 is 39.6 Å². The van der Waals surface area contributed by atoms with Gasteiger partial charge in [-0.2, -0.15) is 5.10 Å². The summed E-state index contributed by atoms with van der Waals surface area (Å²) in [5, 5.41) is 10.3. The van der Waals surface area contributed by atoms with Gasteiger partial charge in [0, 0.05) is 13.0 Å². The summed E-state index contributed by atoms with van der Waals surface area (Å²) in [6.45, 7) is 4.31. The van der Waals surface area contributed by atoms with E-state index in [0.717, 1.165) is 11.0 Å². The number of halogens is 1. The zero-order chi connectivity index (χ0) is 23.1. The number of carbonyl (C=O) groups is 2. The fourth-order valence-corrected chi connectivity index (χ4v) is 4.43. The van der Waals surface area contributed by atoms with Crippen molar-refractivity contribution in [2.75, 3.05) is 11.4 Å². The van der Waals surface area contributed by atoms with Crippen molar-refractivity contribution in [1.29, 1.82) is 0 Å². The molecule has 170 valence electrons. The molecule has 0 radical (unpaired) electrons. The zero-order valence-electron chi connectivity index (χ0n) is 18.4. The van der Waals surface area contributed by atoms with Gasteiger partial charge >= 0.3 is 0 Å². The Bertz CT molecular complexity index is 1310. The number of aromatic nitrogens is 4. The summed E-state index contributed by atoms with van der Waals surface area (Å²) in [6.07, 6.45) is 0.744. The first-order valence-corrected chi connectivity index (χ1v) is 11.1. The Balaban J connectivity index is 1.36. The monoisotopic (exact) mass is 448 g/mol. The first-order valence-electron chi connectivity index (χ1n) is 11.1. The molecule has 4 aromatic rings. The smallest absolute Gasteiger partial charge is 0.229 e. The first-order chi connectivity index (χ1) is 15.9. The molecule has 3 N–H and O–H groups in total. The van der Waals surface area contributed by atoms with Crippen molar-refractivity contribution in [1.82, 2.24) is 25.5 Å². The van der Waals surface area contributed by atoms with Crippen LogP contribution in [0.25, 0.3) is 21.9 Å². The second-order valence-corrected chi connectivity index (χ2v) is 8.94. The number of carbonyl (C=O) groups excluding carboxylic acids is 2. The highest BCUT2D eigenvalue weighted by molar-refractivity contribution is 6.05. The summed E-state index contributed by atoms with van der Waals surface area (Å²) in [4.78, 5) is 35.3. The highest BCUT2D eigenvalue weighted by Crippen LogP contribution is 2.32. The lowest BCUT2D eigenvalue weighted by Crippen LogP contribution is -2.36. The molecule has 1 unspecified atom stereocenters. The predicted molar refractivity (Wildman–Crippen MR) is 123 cm³/mol. The number of hydrogen-bond acceptors (Lipinski definition) is 4. The minimum atomic E-state index is -0.560. The van der Waals surface area contributed by atoms with Gasteiger partial charge in [-0.15, -0.1) is 0 Å². The number of hydrogen-bond donors (Lipinski definition) is 3. The number of aromatic amines is 2. The fourth-order valence-electron chi connectivity index (χ4n) is 4.43. The Kier molecular flexibility index (Phi) is 5.32. The Morgan fingerprint density at radius 1 is 1.21 bits per heavy atom. The average Bonchev–Trinajstić information content (AvgIpc) is 3.49. The molecular weight excluding hydrogens is 423 g/mol. The van der Waals surface area contributed by atoms with Crippen LogP contribution < -0.4 is 10.2 Å². The minimum absolute atomic E-state index is 0.0448. The Morgan fingerprint density at radius 3 is 2.79 bits per heavy atom. The molecule has 0 aliphatic carbocycles. The number of nitrogens with zero attached hydrogens (tertiary/aromatic N) is 3. The van der Waals surface area contributed by atoms with Gasteiger partial charge in [-0.3, -0.25) is 19.6 Å². The van der Waals surface area contributed by atoms with Crippen LogP contribution in [-0.2, 0) is 9.59 Å². The van der Waals surface area contributed by atoms with E-state index in [1.165, 1.54) is 11.0 Å². The molecule has 2 aromatic carbocycles. The summed E-state index contributed by atoms with van der Waals surface area (Å²) >= 11 is 0. The van der Waals surface area contributed by atoms with E-state index in [2.05, 4.69) is 39.3 Å². The molecule has 0 bridgehead atoms. The number of anilines is 1. The topological polar surface area (TPSA) is 107 Å². The molecule has 3 heterocycles. The number of fused-ring (bicyclic) bond motifs is 2. The van der Waals surface area contributed by atoms with Crippen molar-refractivity contribution in [3.63, 3.8) is 0 Å². The molecule has 9 heteroatoms. The predicted octanol–water partition coefficient (Wildman–Crippen LogP) is 3.83. The van der Waals surface area contributed by atoms with Crippen LogP contribution in [-0.4, -0.2) is 38.5 Å². The third-order valence-electron chi connectivity index (χ3n) is 6.03. The average molecular weight is 449 g/mol. The summed E-state index contributed by atoms with van der Waals surface area (Å²) in [6, 6.07) is 12.0. The van der Waals surface area contributed by atoms with Gasteiger partial charge in [0.05, 0.1) is 33.9 Å². The first kappa shape index (κ1) is 21.1. The molecular formula is C24H25FN6O2. The van der Waals surface area contributed by atoms with Gasteiger partial charge in [0.1, 0.15) is 11.6 Å². The lowest BCUT2D eigenvalue weighted by Gasteiger charge is -2.21. The van der Waals surface area contributed by atoms with Crippen LogP contribution in [0, 0.1) is 17.7 Å². The quantitative estimate of drug-likeness (QED) is 0.417. The van der Waals surface area contributed by atoms with Crippen LogP contribution in [0.2, 0.25) is 0 Å². The third-order valence-corrected chi connectivity index (χ3v) is 6.03. The van der Waals surface area contributed by atoms with Gasteiger partial charge in [-0.1, -0.05) is 32.0 Å². The second-order valence-electron chi connectivity index (χ2n) is 8.94. The molecule has 1 aliphatic rings. The highest BCUT2D eigenvalue weighted by atomic mass is 19.1. The molecule has 8 nitrogen and oxygen atoms in total. The molecule has 5 rings (SSSR count). The summed E-state index contributed by atoms with van der Waals surface area (Å²) in [5.74, 6) is -0.259. The summed E-state index contributed by atoms with van der Waals surface area (Å²) in [5.41, 5.74) is 2.25. The minimum Gasteiger partial charge on any atom is -0.346 e. The molecule has 0 saturated carbocycles. The maximum atomic E-state index is 14.4. The van der Waals surface area contributed by atoms with Crippen LogP contribution >= 0.6 is 0 Å². The second kappa shape index (κ2) is 8.31. The van der Waals surface area contributed by atoms with Gasteiger partial charge in [0.25, 0.3) is 0 Å². The number of para-hydroxylation sites is 2. The maximum absolute atomic E-state index is 14.4. The molecule has 2 atom stereocenters. The fraction of sp³-hybridized carbons (Fsp3) is 0.333. The number of amides is 2. The van der Waals surface area contributed by atoms with E-state index in [-0.39, 0.29) is 42.0 Å². The van der Waals surface area contributed by atoms with E-state index >= 15 is 0 Å². The Hall–Kier alpha value is -3.75. The van der Waals surface area contributed by atoms with E-state index in [1.807, 2.05) is 24.3 Å². The molecule has 1 fully saturated rings. The van der Waals surface area contributed by atoms with E-state index in [0.29, 0.717) is 23.7 Å². The Labute approximate surface area is 189 Å². The van der Waals surface area contributed by atoms with Crippen LogP contribution in [0.1, 0.15) is 38.6 Å². The largest absolute Gasteiger partial charge is 0.346 e. The van der Waals surface area contributed by atoms with Gasteiger partial charge < -0.3 is 10.3 Å². The van der Waals surface area contributed by atoms with Crippen LogP contribution in [0.3, 0.4) is 0 Å². The van der Waals surface area contributed by atoms with Gasteiger partial charge in [-0.05, 0) is 36.6 Å². The number of benzene rings is 2. The van der Waals surface area contributed by atoms with E-state index in [4.69, 9.17) is 0 Å². The van der Waals surface area contributed by atoms with E-state index < -0.39 is 11.7 Å². The summed E-state index contributed by atoms with van der Waals surface area (Å²) < 4.78 is 14.4. The molecule has 1 aliphatic heterocycles. The van der Waals surface area contributed by atoms with Crippen LogP contribution in [0.15, 0.2) is 42.5 Å². The number of nitrogens with one attached hydrogen (secondary N) is 3. The van der Waals surface area contributed by atoms with Gasteiger partial charge in [0.2, 0.25) is 11.8 Å². The third kappa shape index (κ3) is 3.94. The molecule has 1 saturated heterocycles. The van der Waals surface area contributed by atoms with Crippen molar-refractivity contribution < 1.29 is 14.0 Å². The van der Waals surface area contributed by atoms with Crippen molar-refractivity contribution in [3.8, 4) is 0 Å². The van der Waals surface area contributed by atoms with Gasteiger partial charge in [0.15, 0.2) is 5.82 Å². The molecule has 0 spiro atoms. The molecule has 2 aromatic heterocycles. The highest BCUT2D eigenvalue weighted by Gasteiger charge is 2.38. The number of imidazole rings is 1. The molecule has 2 amide bonds. The lowest BCUT2D eigenvalue weighted by atomic mass is 10.0.